The van der Waals surface area contributed by atoms with Crippen LogP contribution in [0.5, 0.6) is 11.5 Å². The van der Waals surface area contributed by atoms with Gasteiger partial charge in [-0.1, -0.05) is 54.6 Å². The van der Waals surface area contributed by atoms with E-state index in [1.165, 1.54) is 32.3 Å². The van der Waals surface area contributed by atoms with Crippen LogP contribution >= 0.6 is 0 Å². The maximum absolute atomic E-state index is 5.74. The molecule has 23 heavy (non-hydrogen) atoms. The second kappa shape index (κ2) is 3.79. The van der Waals surface area contributed by atoms with Crippen molar-refractivity contribution >= 4 is 43.4 Å². The number of hydrogen-bond acceptors (Lipinski definition) is 2. The van der Waals surface area contributed by atoms with Gasteiger partial charge in [-0.25, -0.2) is 4.98 Å². The molecule has 5 aromatic rings. The molecular formula is C21H11NO. The monoisotopic (exact) mass is 293 g/mol. The molecule has 2 nitrogen and oxygen atoms in total. The third-order valence-electron chi connectivity index (χ3n) is 4.77. The van der Waals surface area contributed by atoms with E-state index in [0.29, 0.717) is 0 Å². The minimum Gasteiger partial charge on any atom is -0.446 e. The maximum atomic E-state index is 5.74. The molecule has 0 aliphatic carbocycles. The zero-order valence-corrected chi connectivity index (χ0v) is 12.2. The van der Waals surface area contributed by atoms with Gasteiger partial charge in [0.25, 0.3) is 0 Å². The average molecular weight is 293 g/mol. The molecule has 0 fully saturated rings. The number of aromatic nitrogens is 1. The van der Waals surface area contributed by atoms with Gasteiger partial charge in [0, 0.05) is 16.2 Å². The first-order valence-electron chi connectivity index (χ1n) is 7.75. The lowest BCUT2D eigenvalue weighted by Gasteiger charge is -2.06. The molecule has 2 heteroatoms. The third-order valence-corrected chi connectivity index (χ3v) is 4.77. The Kier molecular flexibility index (Phi) is 1.89. The Morgan fingerprint density at radius 2 is 1.39 bits per heavy atom. The molecule has 2 heterocycles. The summed E-state index contributed by atoms with van der Waals surface area (Å²) < 4.78 is 5.74. The van der Waals surface area contributed by atoms with Crippen molar-refractivity contribution in [1.82, 2.24) is 4.98 Å². The van der Waals surface area contributed by atoms with Crippen molar-refractivity contribution in [2.45, 2.75) is 0 Å². The van der Waals surface area contributed by atoms with Crippen LogP contribution in [0, 0.1) is 0 Å². The van der Waals surface area contributed by atoms with Crippen LogP contribution in [0.4, 0.5) is 0 Å². The minimum atomic E-state index is 0.939. The predicted molar refractivity (Wildman–Crippen MR) is 94.3 cm³/mol. The first-order chi connectivity index (χ1) is 11.4. The van der Waals surface area contributed by atoms with Crippen LogP contribution in [0.15, 0.2) is 66.7 Å². The topological polar surface area (TPSA) is 25.4 Å². The summed E-state index contributed by atoms with van der Waals surface area (Å²) in [5, 5.41) is 7.24. The zero-order valence-electron chi connectivity index (χ0n) is 12.2. The van der Waals surface area contributed by atoms with Crippen molar-refractivity contribution in [2.75, 3.05) is 0 Å². The Hall–Kier alpha value is -3.13. The predicted octanol–water partition coefficient (Wildman–Crippen LogP) is 5.80. The Bertz CT molecular complexity index is 1290. The molecule has 0 saturated carbocycles. The maximum Gasteiger partial charge on any atom is 0.197 e. The number of ether oxygens (including phenoxy) is 1. The van der Waals surface area contributed by atoms with Gasteiger partial charge in [0.05, 0.1) is 5.52 Å². The Morgan fingerprint density at radius 3 is 2.30 bits per heavy atom. The SMILES string of the molecule is c1ccc2c(c1)ccc1nc3c4c(c5ccccc5c3cc12)O4. The van der Waals surface area contributed by atoms with Gasteiger partial charge in [0.15, 0.2) is 11.5 Å². The first-order valence-corrected chi connectivity index (χ1v) is 7.75. The van der Waals surface area contributed by atoms with Crippen LogP contribution in [-0.2, 0) is 0 Å². The van der Waals surface area contributed by atoms with Crippen LogP contribution in [0.2, 0.25) is 0 Å². The summed E-state index contributed by atoms with van der Waals surface area (Å²) in [5.41, 5.74) is 1.99. The van der Waals surface area contributed by atoms with Crippen molar-refractivity contribution in [3.05, 3.63) is 66.7 Å². The van der Waals surface area contributed by atoms with Crippen molar-refractivity contribution in [3.8, 4) is 11.5 Å². The second-order valence-corrected chi connectivity index (χ2v) is 6.04. The molecule has 6 rings (SSSR count). The summed E-state index contributed by atoms with van der Waals surface area (Å²) in [7, 11) is 0. The van der Waals surface area contributed by atoms with Crippen LogP contribution in [-0.4, -0.2) is 4.98 Å². The van der Waals surface area contributed by atoms with E-state index in [1.807, 2.05) is 0 Å². The number of rotatable bonds is 0. The van der Waals surface area contributed by atoms with E-state index in [1.54, 1.807) is 0 Å². The lowest BCUT2D eigenvalue weighted by molar-refractivity contribution is 0.656. The summed E-state index contributed by atoms with van der Waals surface area (Å²) in [6, 6.07) is 23.4. The van der Waals surface area contributed by atoms with Gasteiger partial charge in [-0.3, -0.25) is 0 Å². The summed E-state index contributed by atoms with van der Waals surface area (Å²) in [6.07, 6.45) is 0. The van der Waals surface area contributed by atoms with Gasteiger partial charge in [-0.2, -0.15) is 0 Å². The molecule has 0 saturated heterocycles. The molecule has 0 N–H and O–H groups in total. The molecule has 4 aromatic carbocycles. The minimum absolute atomic E-state index is 0.939. The molecule has 1 aromatic heterocycles. The second-order valence-electron chi connectivity index (χ2n) is 6.04. The van der Waals surface area contributed by atoms with Gasteiger partial charge < -0.3 is 4.74 Å². The summed E-state index contributed by atoms with van der Waals surface area (Å²) in [5.74, 6) is 1.93. The number of fused-ring (bicyclic) bond motifs is 9. The quantitative estimate of drug-likeness (QED) is 0.201. The van der Waals surface area contributed by atoms with E-state index in [9.17, 15) is 0 Å². The molecule has 0 atom stereocenters. The van der Waals surface area contributed by atoms with Crippen LogP contribution in [0.1, 0.15) is 0 Å². The van der Waals surface area contributed by atoms with E-state index < -0.39 is 0 Å². The fraction of sp³-hybridized carbons (Fsp3) is 0. The lowest BCUT2D eigenvalue weighted by Crippen LogP contribution is -1.84. The molecule has 1 aliphatic rings. The van der Waals surface area contributed by atoms with Crippen LogP contribution < -0.4 is 4.74 Å². The summed E-state index contributed by atoms with van der Waals surface area (Å²) >= 11 is 0. The van der Waals surface area contributed by atoms with Gasteiger partial charge in [-0.05, 0) is 28.3 Å². The summed E-state index contributed by atoms with van der Waals surface area (Å²) in [4.78, 5) is 4.90. The van der Waals surface area contributed by atoms with Crippen LogP contribution in [0.3, 0.4) is 0 Å². The van der Waals surface area contributed by atoms with E-state index in [4.69, 9.17) is 9.72 Å². The van der Waals surface area contributed by atoms with E-state index in [-0.39, 0.29) is 0 Å². The highest BCUT2D eigenvalue weighted by Crippen LogP contribution is 2.55. The molecule has 1 aliphatic heterocycles. The van der Waals surface area contributed by atoms with E-state index in [2.05, 4.69) is 66.7 Å². The zero-order chi connectivity index (χ0) is 15.0. The number of pyridine rings is 1. The van der Waals surface area contributed by atoms with Crippen molar-refractivity contribution < 1.29 is 4.74 Å². The third kappa shape index (κ3) is 1.40. The molecule has 0 bridgehead atoms. The highest BCUT2D eigenvalue weighted by molar-refractivity contribution is 6.20. The van der Waals surface area contributed by atoms with E-state index in [0.717, 1.165) is 22.5 Å². The van der Waals surface area contributed by atoms with Crippen molar-refractivity contribution in [2.24, 2.45) is 0 Å². The van der Waals surface area contributed by atoms with Gasteiger partial charge >= 0.3 is 0 Å². The molecule has 0 amide bonds. The number of hydrogen-bond donors (Lipinski definition) is 0. The molecule has 0 unspecified atom stereocenters. The Morgan fingerprint density at radius 1 is 0.609 bits per heavy atom. The first kappa shape index (κ1) is 11.4. The molecule has 0 spiro atoms. The highest BCUT2D eigenvalue weighted by Gasteiger charge is 2.29. The van der Waals surface area contributed by atoms with Gasteiger partial charge in [-0.15, -0.1) is 0 Å². The summed E-state index contributed by atoms with van der Waals surface area (Å²) in [6.45, 7) is 0. The average Bonchev–Trinajstić information content (AvgIpc) is 3.42. The highest BCUT2D eigenvalue weighted by atomic mass is 16.6. The number of benzene rings is 4. The normalized spacial score (nSPS) is 12.7. The van der Waals surface area contributed by atoms with Crippen molar-refractivity contribution in [3.63, 3.8) is 0 Å². The largest absolute Gasteiger partial charge is 0.446 e. The van der Waals surface area contributed by atoms with Crippen LogP contribution in [0.25, 0.3) is 43.4 Å². The Labute approximate surface area is 131 Å². The molecule has 0 radical (unpaired) electrons. The molecular weight excluding hydrogens is 282 g/mol. The fourth-order valence-corrected chi connectivity index (χ4v) is 3.63. The van der Waals surface area contributed by atoms with Crippen molar-refractivity contribution in [1.29, 1.82) is 0 Å². The van der Waals surface area contributed by atoms with Gasteiger partial charge in [0.2, 0.25) is 0 Å². The fourth-order valence-electron chi connectivity index (χ4n) is 3.63. The lowest BCUT2D eigenvalue weighted by atomic mass is 10.0. The number of nitrogens with zero attached hydrogens (tertiary/aromatic N) is 1. The van der Waals surface area contributed by atoms with E-state index >= 15 is 0 Å². The van der Waals surface area contributed by atoms with Gasteiger partial charge in [0.1, 0.15) is 5.52 Å². The molecule has 106 valence electrons. The Balaban J connectivity index is 1.91. The standard InChI is InChI=1S/C21H11NO/c1-2-6-13-12(5-1)9-10-18-16(13)11-17-14-7-3-4-8-15(14)20-21(23-20)19(17)22-18/h1-11H. The smallest absolute Gasteiger partial charge is 0.197 e.